The van der Waals surface area contributed by atoms with E-state index in [-0.39, 0.29) is 32.2 Å². The van der Waals surface area contributed by atoms with E-state index in [1.54, 1.807) is 0 Å². The zero-order valence-electron chi connectivity index (χ0n) is 50.5. The Morgan fingerprint density at radius 2 is 0.720 bits per heavy atom. The van der Waals surface area contributed by atoms with Gasteiger partial charge in [0, 0.05) is 12.8 Å². The maximum Gasteiger partial charge on any atom is 0.361 e. The third kappa shape index (κ3) is 59.3. The number of carbonyl (C=O) groups is 3. The first kappa shape index (κ1) is 72.8. The Hall–Kier alpha value is -2.23. The second kappa shape index (κ2) is 57.9. The Bertz CT molecular complexity index is 1280. The number of hydrogen-bond acceptors (Lipinski definition) is 7. The molecule has 0 saturated carbocycles. The fourth-order valence-corrected chi connectivity index (χ4v) is 9.70. The summed E-state index contributed by atoms with van der Waals surface area (Å²) < 4.78 is 22.9. The molecule has 0 rings (SSSR count). The summed E-state index contributed by atoms with van der Waals surface area (Å²) in [5.41, 5.74) is 0. The van der Waals surface area contributed by atoms with Gasteiger partial charge in [-0.3, -0.25) is 9.59 Å². The molecule has 75 heavy (non-hydrogen) atoms. The van der Waals surface area contributed by atoms with Crippen LogP contribution in [0.5, 0.6) is 0 Å². The number of quaternary nitrogens is 1. The Labute approximate surface area is 465 Å². The molecule has 0 aliphatic rings. The third-order valence-corrected chi connectivity index (χ3v) is 14.7. The minimum absolute atomic E-state index is 0.183. The van der Waals surface area contributed by atoms with Crippen molar-refractivity contribution in [2.24, 2.45) is 0 Å². The molecule has 9 heteroatoms. The Morgan fingerprint density at radius 1 is 0.400 bits per heavy atom. The number of esters is 2. The molecule has 0 aliphatic carbocycles. The predicted molar refractivity (Wildman–Crippen MR) is 318 cm³/mol. The zero-order valence-corrected chi connectivity index (χ0v) is 50.5. The molecule has 0 fully saturated rings. The number of unbranched alkanes of at least 4 members (excludes halogenated alkanes) is 42. The van der Waals surface area contributed by atoms with Crippen LogP contribution in [0.25, 0.3) is 0 Å². The van der Waals surface area contributed by atoms with Crippen LogP contribution in [-0.2, 0) is 33.3 Å². The summed E-state index contributed by atoms with van der Waals surface area (Å²) in [5, 5.41) is 9.70. The van der Waals surface area contributed by atoms with Gasteiger partial charge in [0.1, 0.15) is 13.2 Å². The molecule has 2 unspecified atom stereocenters. The van der Waals surface area contributed by atoms with Crippen molar-refractivity contribution in [2.75, 3.05) is 47.5 Å². The summed E-state index contributed by atoms with van der Waals surface area (Å²) in [6.45, 7) is 4.89. The smallest absolute Gasteiger partial charge is 0.361 e. The van der Waals surface area contributed by atoms with Crippen molar-refractivity contribution in [2.45, 2.75) is 334 Å². The van der Waals surface area contributed by atoms with Crippen LogP contribution in [0.1, 0.15) is 322 Å². The van der Waals surface area contributed by atoms with Crippen LogP contribution in [0.4, 0.5) is 0 Å². The first-order chi connectivity index (χ1) is 36.6. The zero-order chi connectivity index (χ0) is 54.8. The van der Waals surface area contributed by atoms with Gasteiger partial charge in [0.05, 0.1) is 34.4 Å². The number of rotatable bonds is 61. The molecule has 0 aromatic rings. The lowest BCUT2D eigenvalue weighted by Crippen LogP contribution is -2.40. The van der Waals surface area contributed by atoms with E-state index in [2.05, 4.69) is 38.2 Å². The minimum Gasteiger partial charge on any atom is -0.477 e. The molecule has 0 heterocycles. The Balaban J connectivity index is 4.00. The van der Waals surface area contributed by atoms with E-state index in [4.69, 9.17) is 18.9 Å². The van der Waals surface area contributed by atoms with Crippen molar-refractivity contribution >= 4 is 17.9 Å². The summed E-state index contributed by atoms with van der Waals surface area (Å²) in [7, 11) is 5.97. The highest BCUT2D eigenvalue weighted by Crippen LogP contribution is 2.18. The lowest BCUT2D eigenvalue weighted by atomic mass is 10.0. The largest absolute Gasteiger partial charge is 0.477 e. The quantitative estimate of drug-likeness (QED) is 0.0211. The fourth-order valence-electron chi connectivity index (χ4n) is 9.70. The molecule has 0 aromatic carbocycles. The second-order valence-electron chi connectivity index (χ2n) is 23.4. The second-order valence-corrected chi connectivity index (χ2v) is 23.4. The average molecular weight is 1060 g/mol. The highest BCUT2D eigenvalue weighted by molar-refractivity contribution is 5.71. The van der Waals surface area contributed by atoms with E-state index in [0.29, 0.717) is 23.9 Å². The monoisotopic (exact) mass is 1060 g/mol. The van der Waals surface area contributed by atoms with Crippen molar-refractivity contribution in [3.8, 4) is 0 Å². The molecule has 9 nitrogen and oxygen atoms in total. The number of carboxylic acids is 1. The lowest BCUT2D eigenvalue weighted by Gasteiger charge is -2.25. The maximum absolute atomic E-state index is 12.9. The fraction of sp³-hybridized carbons (Fsp3) is 0.894. The molecule has 0 aromatic heterocycles. The lowest BCUT2D eigenvalue weighted by molar-refractivity contribution is -0.870. The number of carboxylic acid groups (broad SMARTS) is 1. The normalized spacial score (nSPS) is 12.8. The topological polar surface area (TPSA) is 108 Å². The SMILES string of the molecule is CCCCCC/C=C\C/C=C\CCCCCCCC(=O)OC(COC(=O)CCCCCCCCCCCCCCCCCCCCCCCCCCCCCCCCCCCC)COC(OCC[N+](C)(C)C)C(=O)O. The summed E-state index contributed by atoms with van der Waals surface area (Å²) in [4.78, 5) is 37.4. The van der Waals surface area contributed by atoms with E-state index in [9.17, 15) is 19.5 Å². The summed E-state index contributed by atoms with van der Waals surface area (Å²) in [5.74, 6) is -2.00. The molecular formula is C66H126NO8+. The highest BCUT2D eigenvalue weighted by Gasteiger charge is 2.25. The van der Waals surface area contributed by atoms with Gasteiger partial charge in [0.2, 0.25) is 0 Å². The van der Waals surface area contributed by atoms with Gasteiger partial charge in [-0.2, -0.15) is 0 Å². The average Bonchev–Trinajstić information content (AvgIpc) is 3.38. The molecule has 1 N–H and O–H groups in total. The highest BCUT2D eigenvalue weighted by atomic mass is 16.7. The van der Waals surface area contributed by atoms with Crippen LogP contribution in [0, 0.1) is 0 Å². The molecule has 0 radical (unpaired) electrons. The first-order valence-corrected chi connectivity index (χ1v) is 32.5. The maximum atomic E-state index is 12.9. The molecule has 0 bridgehead atoms. The number of hydrogen-bond donors (Lipinski definition) is 1. The number of ether oxygens (including phenoxy) is 4. The summed E-state index contributed by atoms with van der Waals surface area (Å²) >= 11 is 0. The molecule has 0 spiro atoms. The van der Waals surface area contributed by atoms with Crippen LogP contribution in [-0.4, -0.2) is 87.4 Å². The molecule has 2 atom stereocenters. The van der Waals surface area contributed by atoms with Gasteiger partial charge in [-0.05, 0) is 44.9 Å². The number of likely N-dealkylation sites (N-methyl/N-ethyl adjacent to an activating group) is 1. The van der Waals surface area contributed by atoms with E-state index in [0.717, 1.165) is 57.8 Å². The van der Waals surface area contributed by atoms with Gasteiger partial charge in [-0.25, -0.2) is 4.79 Å². The van der Waals surface area contributed by atoms with Gasteiger partial charge in [0.25, 0.3) is 6.29 Å². The van der Waals surface area contributed by atoms with Gasteiger partial charge in [0.15, 0.2) is 6.10 Å². The standard InChI is InChI=1S/C66H125NO8/c1-6-8-10-12-14-16-18-20-22-24-25-26-27-28-29-30-31-32-33-34-35-36-37-38-39-40-41-43-44-46-48-50-52-54-56-63(68)73-60-62(61-74-66(65(70)71)72-59-58-67(3,4)5)75-64(69)57-55-53-51-49-47-45-42-23-21-19-17-15-13-11-9-7-2/h17,19,23,42,62,66H,6-16,18,20-22,24-41,43-61H2,1-5H3/p+1/b19-17-,42-23-. The number of carbonyl (C=O) groups excluding carboxylic acids is 2. The molecule has 0 amide bonds. The predicted octanol–water partition coefficient (Wildman–Crippen LogP) is 19.5. The minimum atomic E-state index is -1.51. The molecule has 0 aliphatic heterocycles. The number of nitrogens with zero attached hydrogens (tertiary/aromatic N) is 1. The van der Waals surface area contributed by atoms with Crippen molar-refractivity contribution in [1.29, 1.82) is 0 Å². The van der Waals surface area contributed by atoms with Gasteiger partial charge >= 0.3 is 17.9 Å². The summed E-state index contributed by atoms with van der Waals surface area (Å²) in [6.07, 6.45) is 67.3. The molecule has 442 valence electrons. The molecular weight excluding hydrogens is 935 g/mol. The summed E-state index contributed by atoms with van der Waals surface area (Å²) in [6, 6.07) is 0. The van der Waals surface area contributed by atoms with Crippen LogP contribution >= 0.6 is 0 Å². The Kier molecular flexibility index (Phi) is 56.2. The van der Waals surface area contributed by atoms with Crippen LogP contribution < -0.4 is 0 Å². The Morgan fingerprint density at radius 3 is 1.07 bits per heavy atom. The third-order valence-electron chi connectivity index (χ3n) is 14.7. The van der Waals surface area contributed by atoms with Crippen molar-refractivity contribution in [3.05, 3.63) is 24.3 Å². The van der Waals surface area contributed by atoms with Gasteiger partial charge < -0.3 is 28.5 Å². The van der Waals surface area contributed by atoms with E-state index < -0.39 is 24.3 Å². The van der Waals surface area contributed by atoms with Gasteiger partial charge in [-0.1, -0.05) is 289 Å². The first-order valence-electron chi connectivity index (χ1n) is 32.5. The number of aliphatic carboxylic acids is 1. The van der Waals surface area contributed by atoms with E-state index in [1.807, 2.05) is 21.1 Å². The van der Waals surface area contributed by atoms with Crippen molar-refractivity contribution in [1.82, 2.24) is 0 Å². The number of allylic oxidation sites excluding steroid dienone is 4. The van der Waals surface area contributed by atoms with Crippen molar-refractivity contribution in [3.63, 3.8) is 0 Å². The van der Waals surface area contributed by atoms with E-state index >= 15 is 0 Å². The molecule has 0 saturated heterocycles. The van der Waals surface area contributed by atoms with Crippen LogP contribution in [0.15, 0.2) is 24.3 Å². The van der Waals surface area contributed by atoms with Crippen LogP contribution in [0.2, 0.25) is 0 Å². The van der Waals surface area contributed by atoms with Crippen LogP contribution in [0.3, 0.4) is 0 Å². The van der Waals surface area contributed by atoms with Crippen molar-refractivity contribution < 1.29 is 42.9 Å². The van der Waals surface area contributed by atoms with E-state index in [1.165, 1.54) is 231 Å². The van der Waals surface area contributed by atoms with Gasteiger partial charge in [-0.15, -0.1) is 0 Å².